The largest absolute Gasteiger partial charge is 0.471 e. The first-order valence-corrected chi connectivity index (χ1v) is 8.03. The van der Waals surface area contributed by atoms with Crippen molar-refractivity contribution in [3.8, 4) is 11.5 Å². The molecule has 0 aliphatic carbocycles. The standard InChI is InChI=1S/C16H17F3N4O3/c1-25-9-13(24)23-7-3-4-10(8-23)11-5-2-6-12(20-11)14-21-15(26-22-14)16(17,18)19/h2,5-6,10H,3-4,7-9H2,1H3/t10-/m1/s1. The van der Waals surface area contributed by atoms with Gasteiger partial charge in [0.1, 0.15) is 12.3 Å². The summed E-state index contributed by atoms with van der Waals surface area (Å²) in [4.78, 5) is 21.5. The van der Waals surface area contributed by atoms with Crippen LogP contribution in [0.1, 0.15) is 30.3 Å². The molecule has 1 fully saturated rings. The minimum Gasteiger partial charge on any atom is -0.375 e. The number of alkyl halides is 3. The summed E-state index contributed by atoms with van der Waals surface area (Å²) in [5.74, 6) is -1.74. The number of hydrogen-bond acceptors (Lipinski definition) is 6. The summed E-state index contributed by atoms with van der Waals surface area (Å²) in [7, 11) is 1.46. The molecule has 26 heavy (non-hydrogen) atoms. The second-order valence-corrected chi connectivity index (χ2v) is 5.98. The summed E-state index contributed by atoms with van der Waals surface area (Å²) >= 11 is 0. The Hall–Kier alpha value is -2.49. The summed E-state index contributed by atoms with van der Waals surface area (Å²) < 4.78 is 46.9. The minimum absolute atomic E-state index is 0.0153. The number of carbonyl (C=O) groups is 1. The molecular formula is C16H17F3N4O3. The summed E-state index contributed by atoms with van der Waals surface area (Å²) in [6.45, 7) is 1.15. The van der Waals surface area contributed by atoms with Crippen molar-refractivity contribution < 1.29 is 27.2 Å². The second-order valence-electron chi connectivity index (χ2n) is 5.98. The Morgan fingerprint density at radius 3 is 2.88 bits per heavy atom. The highest BCUT2D eigenvalue weighted by Gasteiger charge is 2.38. The molecule has 0 aromatic carbocycles. The van der Waals surface area contributed by atoms with Gasteiger partial charge in [-0.15, -0.1) is 0 Å². The third kappa shape index (κ3) is 4.01. The van der Waals surface area contributed by atoms with Crippen LogP contribution in [0.25, 0.3) is 11.5 Å². The minimum atomic E-state index is -4.70. The first-order chi connectivity index (χ1) is 12.4. The van der Waals surface area contributed by atoms with Crippen molar-refractivity contribution in [3.63, 3.8) is 0 Å². The predicted octanol–water partition coefficient (Wildman–Crippen LogP) is 2.50. The van der Waals surface area contributed by atoms with Gasteiger partial charge < -0.3 is 14.2 Å². The van der Waals surface area contributed by atoms with Gasteiger partial charge in [0.15, 0.2) is 0 Å². The molecular weight excluding hydrogens is 353 g/mol. The van der Waals surface area contributed by atoms with E-state index in [1.807, 2.05) is 0 Å². The topological polar surface area (TPSA) is 81.4 Å². The van der Waals surface area contributed by atoms with Crippen molar-refractivity contribution in [1.82, 2.24) is 20.0 Å². The van der Waals surface area contributed by atoms with Gasteiger partial charge in [-0.2, -0.15) is 18.2 Å². The van der Waals surface area contributed by atoms with Crippen LogP contribution in [0.4, 0.5) is 13.2 Å². The van der Waals surface area contributed by atoms with E-state index in [9.17, 15) is 18.0 Å². The number of carbonyl (C=O) groups excluding carboxylic acids is 1. The van der Waals surface area contributed by atoms with E-state index in [2.05, 4.69) is 19.6 Å². The molecule has 0 unspecified atom stereocenters. The average molecular weight is 370 g/mol. The number of aromatic nitrogens is 3. The molecule has 1 saturated heterocycles. The Balaban J connectivity index is 1.79. The molecule has 3 rings (SSSR count). The lowest BCUT2D eigenvalue weighted by Gasteiger charge is -2.32. The second kappa shape index (κ2) is 7.40. The first-order valence-electron chi connectivity index (χ1n) is 8.03. The summed E-state index contributed by atoms with van der Waals surface area (Å²) in [5, 5.41) is 3.36. The highest BCUT2D eigenvalue weighted by Crippen LogP contribution is 2.30. The highest BCUT2D eigenvalue weighted by atomic mass is 19.4. The Morgan fingerprint density at radius 2 is 2.19 bits per heavy atom. The van der Waals surface area contributed by atoms with Crippen LogP contribution in [-0.2, 0) is 15.7 Å². The molecule has 7 nitrogen and oxygen atoms in total. The third-order valence-corrected chi connectivity index (χ3v) is 4.13. The number of ether oxygens (including phenoxy) is 1. The monoisotopic (exact) mass is 370 g/mol. The maximum absolute atomic E-state index is 12.6. The van der Waals surface area contributed by atoms with Gasteiger partial charge in [0.05, 0.1) is 0 Å². The van der Waals surface area contributed by atoms with Crippen molar-refractivity contribution >= 4 is 5.91 Å². The van der Waals surface area contributed by atoms with Crippen LogP contribution in [0.5, 0.6) is 0 Å². The zero-order valence-electron chi connectivity index (χ0n) is 14.0. The average Bonchev–Trinajstić information content (AvgIpc) is 3.13. The van der Waals surface area contributed by atoms with Gasteiger partial charge in [-0.05, 0) is 25.0 Å². The van der Waals surface area contributed by atoms with Crippen molar-refractivity contribution in [1.29, 1.82) is 0 Å². The van der Waals surface area contributed by atoms with Crippen LogP contribution in [0.2, 0.25) is 0 Å². The van der Waals surface area contributed by atoms with E-state index < -0.39 is 12.1 Å². The van der Waals surface area contributed by atoms with E-state index in [-0.39, 0.29) is 30.0 Å². The number of piperidine rings is 1. The molecule has 2 aromatic heterocycles. The fourth-order valence-electron chi connectivity index (χ4n) is 2.91. The number of halogens is 3. The van der Waals surface area contributed by atoms with Gasteiger partial charge >= 0.3 is 12.1 Å². The van der Waals surface area contributed by atoms with Crippen LogP contribution < -0.4 is 0 Å². The quantitative estimate of drug-likeness (QED) is 0.823. The molecule has 1 atom stereocenters. The van der Waals surface area contributed by atoms with Gasteiger partial charge in [-0.3, -0.25) is 4.79 Å². The molecule has 3 heterocycles. The molecule has 2 aromatic rings. The van der Waals surface area contributed by atoms with Crippen LogP contribution in [-0.4, -0.2) is 52.7 Å². The van der Waals surface area contributed by atoms with Crippen molar-refractivity contribution in [2.45, 2.75) is 24.9 Å². The zero-order chi connectivity index (χ0) is 18.7. The third-order valence-electron chi connectivity index (χ3n) is 4.13. The normalized spacial score (nSPS) is 18.2. The smallest absolute Gasteiger partial charge is 0.375 e. The summed E-state index contributed by atoms with van der Waals surface area (Å²) in [6.07, 6.45) is -3.06. The Morgan fingerprint density at radius 1 is 1.38 bits per heavy atom. The molecule has 1 aliphatic heterocycles. The van der Waals surface area contributed by atoms with Gasteiger partial charge in [-0.1, -0.05) is 11.2 Å². The van der Waals surface area contributed by atoms with Gasteiger partial charge in [0.25, 0.3) is 0 Å². The van der Waals surface area contributed by atoms with Crippen molar-refractivity contribution in [3.05, 3.63) is 29.8 Å². The number of likely N-dealkylation sites (tertiary alicyclic amines) is 1. The van der Waals surface area contributed by atoms with E-state index in [0.29, 0.717) is 18.8 Å². The van der Waals surface area contributed by atoms with Gasteiger partial charge in [-0.25, -0.2) is 4.98 Å². The van der Waals surface area contributed by atoms with Crippen LogP contribution in [0.15, 0.2) is 22.7 Å². The van der Waals surface area contributed by atoms with Crippen molar-refractivity contribution in [2.24, 2.45) is 0 Å². The Kier molecular flexibility index (Phi) is 5.21. The molecule has 0 spiro atoms. The SMILES string of the molecule is COCC(=O)N1CCC[C@@H](c2cccc(-c3noc(C(F)(F)F)n3)n2)C1. The first kappa shape index (κ1) is 18.3. The van der Waals surface area contributed by atoms with Gasteiger partial charge in [0.2, 0.25) is 11.7 Å². The van der Waals surface area contributed by atoms with E-state index in [4.69, 9.17) is 4.74 Å². The lowest BCUT2D eigenvalue weighted by Crippen LogP contribution is -2.41. The van der Waals surface area contributed by atoms with E-state index in [1.54, 1.807) is 17.0 Å². The lowest BCUT2D eigenvalue weighted by atomic mass is 9.94. The van der Waals surface area contributed by atoms with Crippen LogP contribution >= 0.6 is 0 Å². The Labute approximate surface area is 147 Å². The maximum Gasteiger partial charge on any atom is 0.471 e. The molecule has 0 radical (unpaired) electrons. The molecule has 140 valence electrons. The molecule has 0 N–H and O–H groups in total. The highest BCUT2D eigenvalue weighted by molar-refractivity contribution is 5.77. The van der Waals surface area contributed by atoms with E-state index in [0.717, 1.165) is 12.8 Å². The van der Waals surface area contributed by atoms with Gasteiger partial charge in [0, 0.05) is 31.8 Å². The number of hydrogen-bond donors (Lipinski definition) is 0. The maximum atomic E-state index is 12.6. The lowest BCUT2D eigenvalue weighted by molar-refractivity contribution is -0.159. The van der Waals surface area contributed by atoms with E-state index in [1.165, 1.54) is 13.2 Å². The molecule has 10 heteroatoms. The molecule has 0 saturated carbocycles. The summed E-state index contributed by atoms with van der Waals surface area (Å²) in [5.41, 5.74) is 0.873. The van der Waals surface area contributed by atoms with Crippen LogP contribution in [0, 0.1) is 0 Å². The number of methoxy groups -OCH3 is 1. The zero-order valence-corrected chi connectivity index (χ0v) is 14.0. The molecule has 0 bridgehead atoms. The predicted molar refractivity (Wildman–Crippen MR) is 83.0 cm³/mol. The number of rotatable bonds is 4. The van der Waals surface area contributed by atoms with Crippen molar-refractivity contribution in [2.75, 3.05) is 26.8 Å². The number of amides is 1. The fourth-order valence-corrected chi connectivity index (χ4v) is 2.91. The fraction of sp³-hybridized carbons (Fsp3) is 0.500. The molecule has 1 aliphatic rings. The number of pyridine rings is 1. The van der Waals surface area contributed by atoms with Crippen LogP contribution in [0.3, 0.4) is 0 Å². The molecule has 1 amide bonds. The van der Waals surface area contributed by atoms with E-state index >= 15 is 0 Å². The Bertz CT molecular complexity index is 778. The summed E-state index contributed by atoms with van der Waals surface area (Å²) in [6, 6.07) is 4.98. The number of nitrogens with zero attached hydrogens (tertiary/aromatic N) is 4.